The van der Waals surface area contributed by atoms with E-state index in [9.17, 15) is 9.59 Å². The summed E-state index contributed by atoms with van der Waals surface area (Å²) in [5, 5.41) is 9.48. The second-order valence-electron chi connectivity index (χ2n) is 6.91. The summed E-state index contributed by atoms with van der Waals surface area (Å²) in [5.74, 6) is 2.00. The molecular weight excluding hydrogens is 412 g/mol. The topological polar surface area (TPSA) is 116 Å². The molecule has 2 N–H and O–H groups in total. The molecule has 32 heavy (non-hydrogen) atoms. The first kappa shape index (κ1) is 22.8. The lowest BCUT2D eigenvalue weighted by Crippen LogP contribution is -2.28. The third-order valence-corrected chi connectivity index (χ3v) is 4.49. The maximum atomic E-state index is 12.2. The van der Waals surface area contributed by atoms with Gasteiger partial charge in [0.25, 0.3) is 5.91 Å². The highest BCUT2D eigenvalue weighted by atomic mass is 16.5. The molecule has 1 aromatic heterocycles. The van der Waals surface area contributed by atoms with Gasteiger partial charge in [-0.25, -0.2) is 0 Å². The fourth-order valence-electron chi connectivity index (χ4n) is 2.87. The number of methoxy groups -OCH3 is 1. The van der Waals surface area contributed by atoms with Crippen LogP contribution in [0.1, 0.15) is 25.7 Å². The molecule has 0 atom stereocenters. The molecule has 0 aliphatic rings. The summed E-state index contributed by atoms with van der Waals surface area (Å²) in [6.45, 7) is 2.36. The Balaban J connectivity index is 1.40. The van der Waals surface area contributed by atoms with Gasteiger partial charge in [-0.15, -0.1) is 0 Å². The number of hydrogen-bond donors (Lipinski definition) is 2. The molecule has 9 nitrogen and oxygen atoms in total. The molecule has 0 aliphatic heterocycles. The molecule has 3 rings (SSSR count). The number of ether oxygens (including phenoxy) is 2. The van der Waals surface area contributed by atoms with Crippen molar-refractivity contribution in [2.75, 3.05) is 25.6 Å². The van der Waals surface area contributed by atoms with E-state index in [2.05, 4.69) is 20.8 Å². The lowest BCUT2D eigenvalue weighted by Gasteiger charge is -2.08. The maximum Gasteiger partial charge on any atom is 0.257 e. The van der Waals surface area contributed by atoms with E-state index >= 15 is 0 Å². The largest absolute Gasteiger partial charge is 0.497 e. The highest BCUT2D eigenvalue weighted by Crippen LogP contribution is 2.20. The number of likely N-dealkylation sites (N-methyl/N-ethyl adjacent to an activating group) is 1. The molecule has 0 saturated carbocycles. The van der Waals surface area contributed by atoms with Gasteiger partial charge in [0.05, 0.1) is 7.11 Å². The Labute approximate surface area is 186 Å². The van der Waals surface area contributed by atoms with E-state index in [1.165, 1.54) is 0 Å². The number of aromatic nitrogens is 2. The van der Waals surface area contributed by atoms with Crippen LogP contribution in [0.2, 0.25) is 0 Å². The number of carbonyl (C=O) groups excluding carboxylic acids is 2. The molecule has 0 fully saturated rings. The van der Waals surface area contributed by atoms with Crippen LogP contribution in [0.3, 0.4) is 0 Å². The minimum atomic E-state index is -0.178. The van der Waals surface area contributed by atoms with Gasteiger partial charge >= 0.3 is 0 Å². The minimum Gasteiger partial charge on any atom is -0.497 e. The van der Waals surface area contributed by atoms with Crippen molar-refractivity contribution in [3.8, 4) is 22.9 Å². The number of aryl methyl sites for hydroxylation is 1. The normalized spacial score (nSPS) is 10.4. The summed E-state index contributed by atoms with van der Waals surface area (Å²) < 4.78 is 15.8. The third kappa shape index (κ3) is 6.83. The second kappa shape index (κ2) is 11.5. The van der Waals surface area contributed by atoms with Crippen molar-refractivity contribution in [1.82, 2.24) is 15.5 Å². The molecule has 0 spiro atoms. The SMILES string of the molecule is CCNC(=O)COc1ccc(NC(=O)CCCc2nc(-c3ccc(OC)cc3)no2)cc1. The van der Waals surface area contributed by atoms with E-state index in [4.69, 9.17) is 14.0 Å². The molecule has 2 aromatic carbocycles. The summed E-state index contributed by atoms with van der Waals surface area (Å²) in [6.07, 6.45) is 1.39. The predicted octanol–water partition coefficient (Wildman–Crippen LogP) is 3.22. The van der Waals surface area contributed by atoms with Crippen molar-refractivity contribution >= 4 is 17.5 Å². The second-order valence-corrected chi connectivity index (χ2v) is 6.91. The molecule has 0 saturated heterocycles. The first-order valence-corrected chi connectivity index (χ1v) is 10.3. The lowest BCUT2D eigenvalue weighted by molar-refractivity contribution is -0.123. The van der Waals surface area contributed by atoms with Crippen LogP contribution in [0.15, 0.2) is 53.1 Å². The Kier molecular flexibility index (Phi) is 8.19. The Morgan fingerprint density at radius 3 is 2.41 bits per heavy atom. The zero-order chi connectivity index (χ0) is 22.8. The molecule has 168 valence electrons. The van der Waals surface area contributed by atoms with Crippen molar-refractivity contribution in [3.63, 3.8) is 0 Å². The lowest BCUT2D eigenvalue weighted by atomic mass is 10.2. The van der Waals surface area contributed by atoms with Crippen molar-refractivity contribution in [2.24, 2.45) is 0 Å². The summed E-state index contributed by atoms with van der Waals surface area (Å²) in [4.78, 5) is 28.0. The number of nitrogens with one attached hydrogen (secondary N) is 2. The number of carbonyl (C=O) groups is 2. The van der Waals surface area contributed by atoms with Crippen LogP contribution in [0.5, 0.6) is 11.5 Å². The summed E-state index contributed by atoms with van der Waals surface area (Å²) >= 11 is 0. The van der Waals surface area contributed by atoms with Crippen molar-refractivity contribution in [1.29, 1.82) is 0 Å². The highest BCUT2D eigenvalue weighted by Gasteiger charge is 2.10. The Bertz CT molecular complexity index is 1020. The fraction of sp³-hybridized carbons (Fsp3) is 0.304. The van der Waals surface area contributed by atoms with Gasteiger partial charge in [-0.05, 0) is 61.9 Å². The molecule has 1 heterocycles. The van der Waals surface area contributed by atoms with E-state index < -0.39 is 0 Å². The summed E-state index contributed by atoms with van der Waals surface area (Å²) in [6, 6.07) is 14.2. The van der Waals surface area contributed by atoms with E-state index in [0.717, 1.165) is 11.3 Å². The van der Waals surface area contributed by atoms with Gasteiger partial charge in [0.15, 0.2) is 6.61 Å². The Morgan fingerprint density at radius 2 is 1.72 bits per heavy atom. The number of benzene rings is 2. The van der Waals surface area contributed by atoms with Gasteiger partial charge in [-0.3, -0.25) is 9.59 Å². The maximum absolute atomic E-state index is 12.2. The fourth-order valence-corrected chi connectivity index (χ4v) is 2.87. The number of hydrogen-bond acceptors (Lipinski definition) is 7. The monoisotopic (exact) mass is 438 g/mol. The van der Waals surface area contributed by atoms with Crippen LogP contribution in [0, 0.1) is 0 Å². The van der Waals surface area contributed by atoms with Gasteiger partial charge in [0.1, 0.15) is 11.5 Å². The van der Waals surface area contributed by atoms with E-state index in [1.807, 2.05) is 31.2 Å². The minimum absolute atomic E-state index is 0.0462. The van der Waals surface area contributed by atoms with Crippen LogP contribution in [-0.4, -0.2) is 42.2 Å². The first-order chi connectivity index (χ1) is 15.6. The summed E-state index contributed by atoms with van der Waals surface area (Å²) in [7, 11) is 1.61. The van der Waals surface area contributed by atoms with Crippen LogP contribution < -0.4 is 20.1 Å². The Morgan fingerprint density at radius 1 is 1.00 bits per heavy atom. The number of rotatable bonds is 11. The van der Waals surface area contributed by atoms with Gasteiger partial charge in [0.2, 0.25) is 17.6 Å². The van der Waals surface area contributed by atoms with Gasteiger partial charge < -0.3 is 24.6 Å². The third-order valence-electron chi connectivity index (χ3n) is 4.49. The van der Waals surface area contributed by atoms with Crippen molar-refractivity contribution in [3.05, 3.63) is 54.4 Å². The smallest absolute Gasteiger partial charge is 0.257 e. The standard InChI is InChI=1S/C23H26N4O5/c1-3-24-21(29)15-31-19-13-9-17(10-14-19)25-20(28)5-4-6-22-26-23(27-32-22)16-7-11-18(30-2)12-8-16/h7-14H,3-6,15H2,1-2H3,(H,24,29)(H,25,28). The van der Waals surface area contributed by atoms with Gasteiger partial charge in [-0.1, -0.05) is 5.16 Å². The van der Waals surface area contributed by atoms with E-state index in [1.54, 1.807) is 31.4 Å². The van der Waals surface area contributed by atoms with Crippen LogP contribution in [-0.2, 0) is 16.0 Å². The van der Waals surface area contributed by atoms with Crippen LogP contribution in [0.4, 0.5) is 5.69 Å². The number of anilines is 1. The van der Waals surface area contributed by atoms with E-state index in [-0.39, 0.29) is 18.4 Å². The molecule has 9 heteroatoms. The highest BCUT2D eigenvalue weighted by molar-refractivity contribution is 5.90. The molecular formula is C23H26N4O5. The van der Waals surface area contributed by atoms with Gasteiger partial charge in [0, 0.05) is 30.6 Å². The van der Waals surface area contributed by atoms with E-state index in [0.29, 0.717) is 49.0 Å². The zero-order valence-electron chi connectivity index (χ0n) is 18.1. The number of nitrogens with zero attached hydrogens (tertiary/aromatic N) is 2. The molecule has 2 amide bonds. The predicted molar refractivity (Wildman–Crippen MR) is 118 cm³/mol. The van der Waals surface area contributed by atoms with Crippen molar-refractivity contribution < 1.29 is 23.6 Å². The molecule has 0 unspecified atom stereocenters. The van der Waals surface area contributed by atoms with Crippen LogP contribution >= 0.6 is 0 Å². The Hall–Kier alpha value is -3.88. The molecule has 0 bridgehead atoms. The molecule has 0 aliphatic carbocycles. The van der Waals surface area contributed by atoms with Crippen LogP contribution in [0.25, 0.3) is 11.4 Å². The first-order valence-electron chi connectivity index (χ1n) is 10.3. The summed E-state index contributed by atoms with van der Waals surface area (Å²) in [5.41, 5.74) is 1.48. The van der Waals surface area contributed by atoms with Gasteiger partial charge in [-0.2, -0.15) is 4.98 Å². The quantitative estimate of drug-likeness (QED) is 0.472. The molecule has 0 radical (unpaired) electrons. The average molecular weight is 438 g/mol. The number of amides is 2. The average Bonchev–Trinajstić information content (AvgIpc) is 3.28. The van der Waals surface area contributed by atoms with Crippen molar-refractivity contribution in [2.45, 2.75) is 26.2 Å². The zero-order valence-corrected chi connectivity index (χ0v) is 18.1. The molecule has 3 aromatic rings.